The molecule has 0 atom stereocenters. The Morgan fingerprint density at radius 1 is 1.16 bits per heavy atom. The van der Waals surface area contributed by atoms with Crippen LogP contribution in [0.1, 0.15) is 5.69 Å². The van der Waals surface area contributed by atoms with Gasteiger partial charge in [0.1, 0.15) is 0 Å². The first-order valence-electron chi connectivity index (χ1n) is 8.27. The fourth-order valence-corrected chi connectivity index (χ4v) is 2.93. The van der Waals surface area contributed by atoms with Crippen molar-refractivity contribution in [3.8, 4) is 16.9 Å². The number of H-pyrrole nitrogens is 1. The molecule has 25 heavy (non-hydrogen) atoms. The number of morpholine rings is 1. The van der Waals surface area contributed by atoms with Crippen LogP contribution in [0.4, 0.5) is 5.95 Å². The van der Waals surface area contributed by atoms with Gasteiger partial charge < -0.3 is 9.64 Å². The Morgan fingerprint density at radius 3 is 2.68 bits per heavy atom. The highest BCUT2D eigenvalue weighted by Crippen LogP contribution is 2.23. The van der Waals surface area contributed by atoms with Gasteiger partial charge in [-0.05, 0) is 19.1 Å². The molecule has 0 radical (unpaired) electrons. The van der Waals surface area contributed by atoms with Gasteiger partial charge >= 0.3 is 0 Å². The van der Waals surface area contributed by atoms with E-state index in [0.29, 0.717) is 37.9 Å². The molecule has 0 spiro atoms. The summed E-state index contributed by atoms with van der Waals surface area (Å²) < 4.78 is 7.17. The largest absolute Gasteiger partial charge is 0.378 e. The Labute approximate surface area is 144 Å². The third kappa shape index (κ3) is 3.18. The van der Waals surface area contributed by atoms with Crippen LogP contribution in [0, 0.1) is 6.92 Å². The summed E-state index contributed by atoms with van der Waals surface area (Å²) in [6, 6.07) is 11.4. The van der Waals surface area contributed by atoms with E-state index in [1.165, 1.54) is 6.07 Å². The van der Waals surface area contributed by atoms with Gasteiger partial charge in [0.15, 0.2) is 0 Å². The fourth-order valence-electron chi connectivity index (χ4n) is 2.93. The molecule has 0 aliphatic carbocycles. The van der Waals surface area contributed by atoms with Crippen molar-refractivity contribution in [3.63, 3.8) is 0 Å². The van der Waals surface area contributed by atoms with Crippen LogP contribution in [-0.4, -0.2) is 46.1 Å². The molecular weight excluding hydrogens is 318 g/mol. The second kappa shape index (κ2) is 6.52. The molecule has 7 heteroatoms. The van der Waals surface area contributed by atoms with E-state index >= 15 is 0 Å². The molecular formula is C18H19N5O2. The molecule has 0 amide bonds. The maximum absolute atomic E-state index is 12.1. The van der Waals surface area contributed by atoms with Crippen LogP contribution in [0.15, 0.2) is 47.4 Å². The van der Waals surface area contributed by atoms with Gasteiger partial charge in [0, 0.05) is 30.9 Å². The SMILES string of the molecule is Cc1nn(-c2ccccc2)cc1-c1cc(=O)[nH]c(N2CCOCC2)n1. The van der Waals surface area contributed by atoms with Crippen LogP contribution in [0.25, 0.3) is 16.9 Å². The van der Waals surface area contributed by atoms with Gasteiger partial charge in [-0.25, -0.2) is 9.67 Å². The van der Waals surface area contributed by atoms with Crippen molar-refractivity contribution in [2.45, 2.75) is 6.92 Å². The standard InChI is InChI=1S/C18H19N5O2/c1-13-15(12-23(21-13)14-5-3-2-4-6-14)16-11-17(24)20-18(19-16)22-7-9-25-10-8-22/h2-6,11-12H,7-10H2,1H3,(H,19,20,24). The van der Waals surface area contributed by atoms with Crippen molar-refractivity contribution in [2.24, 2.45) is 0 Å². The molecule has 1 saturated heterocycles. The van der Waals surface area contributed by atoms with Gasteiger partial charge in [0.25, 0.3) is 5.56 Å². The van der Waals surface area contributed by atoms with Crippen LogP contribution < -0.4 is 10.5 Å². The Kier molecular flexibility index (Phi) is 4.07. The Morgan fingerprint density at radius 2 is 1.92 bits per heavy atom. The highest BCUT2D eigenvalue weighted by atomic mass is 16.5. The fraction of sp³-hybridized carbons (Fsp3) is 0.278. The molecule has 2 aromatic heterocycles. The molecule has 1 N–H and O–H groups in total. The molecule has 0 unspecified atom stereocenters. The zero-order chi connectivity index (χ0) is 17.2. The molecule has 1 aliphatic heterocycles. The number of aromatic amines is 1. The van der Waals surface area contributed by atoms with Gasteiger partial charge in [0.05, 0.1) is 30.3 Å². The Hall–Kier alpha value is -2.93. The first-order chi connectivity index (χ1) is 12.2. The second-order valence-electron chi connectivity index (χ2n) is 5.96. The molecule has 0 bridgehead atoms. The lowest BCUT2D eigenvalue weighted by Gasteiger charge is -2.27. The van der Waals surface area contributed by atoms with Crippen molar-refractivity contribution >= 4 is 5.95 Å². The molecule has 1 fully saturated rings. The number of nitrogens with zero attached hydrogens (tertiary/aromatic N) is 4. The summed E-state index contributed by atoms with van der Waals surface area (Å²) >= 11 is 0. The van der Waals surface area contributed by atoms with Crippen molar-refractivity contribution in [1.82, 2.24) is 19.7 Å². The number of benzene rings is 1. The van der Waals surface area contributed by atoms with Crippen molar-refractivity contribution in [2.75, 3.05) is 31.2 Å². The summed E-state index contributed by atoms with van der Waals surface area (Å²) in [5.41, 5.74) is 3.11. The number of para-hydroxylation sites is 1. The van der Waals surface area contributed by atoms with Gasteiger partial charge in [-0.2, -0.15) is 5.10 Å². The summed E-state index contributed by atoms with van der Waals surface area (Å²) in [6.45, 7) is 4.63. The summed E-state index contributed by atoms with van der Waals surface area (Å²) in [6.07, 6.45) is 1.91. The monoisotopic (exact) mass is 337 g/mol. The van der Waals surface area contributed by atoms with E-state index in [1.807, 2.05) is 53.0 Å². The molecule has 7 nitrogen and oxygen atoms in total. The van der Waals surface area contributed by atoms with Crippen LogP contribution in [0.5, 0.6) is 0 Å². The predicted octanol–water partition coefficient (Wildman–Crippen LogP) is 1.77. The molecule has 1 aromatic carbocycles. The Bertz CT molecular complexity index is 926. The van der Waals surface area contributed by atoms with E-state index < -0.39 is 0 Å². The number of anilines is 1. The van der Waals surface area contributed by atoms with Gasteiger partial charge in [-0.3, -0.25) is 9.78 Å². The van der Waals surface area contributed by atoms with E-state index in [-0.39, 0.29) is 5.56 Å². The maximum Gasteiger partial charge on any atom is 0.252 e. The smallest absolute Gasteiger partial charge is 0.252 e. The van der Waals surface area contributed by atoms with E-state index in [1.54, 1.807) is 0 Å². The first kappa shape index (κ1) is 15.6. The average molecular weight is 337 g/mol. The molecule has 128 valence electrons. The molecule has 1 aliphatic rings. The lowest BCUT2D eigenvalue weighted by atomic mass is 10.2. The van der Waals surface area contributed by atoms with Gasteiger partial charge in [-0.15, -0.1) is 0 Å². The normalized spacial score (nSPS) is 14.7. The summed E-state index contributed by atoms with van der Waals surface area (Å²) in [5.74, 6) is 0.581. The van der Waals surface area contributed by atoms with E-state index in [4.69, 9.17) is 4.74 Å². The third-order valence-electron chi connectivity index (χ3n) is 4.24. The number of aromatic nitrogens is 4. The summed E-state index contributed by atoms with van der Waals surface area (Å²) in [7, 11) is 0. The molecule has 4 rings (SSSR count). The second-order valence-corrected chi connectivity index (χ2v) is 5.96. The number of hydrogen-bond donors (Lipinski definition) is 1. The number of aryl methyl sites for hydroxylation is 1. The van der Waals surface area contributed by atoms with Crippen molar-refractivity contribution < 1.29 is 4.74 Å². The van der Waals surface area contributed by atoms with Gasteiger partial charge in [-0.1, -0.05) is 18.2 Å². The quantitative estimate of drug-likeness (QED) is 0.788. The maximum atomic E-state index is 12.1. The van der Waals surface area contributed by atoms with Crippen molar-refractivity contribution in [1.29, 1.82) is 0 Å². The number of hydrogen-bond acceptors (Lipinski definition) is 5. The zero-order valence-corrected chi connectivity index (χ0v) is 14.0. The topological polar surface area (TPSA) is 76.0 Å². The zero-order valence-electron chi connectivity index (χ0n) is 14.0. The lowest BCUT2D eigenvalue weighted by Crippen LogP contribution is -2.38. The molecule has 0 saturated carbocycles. The highest BCUT2D eigenvalue weighted by Gasteiger charge is 2.17. The van der Waals surface area contributed by atoms with Gasteiger partial charge in [0.2, 0.25) is 5.95 Å². The molecule has 3 aromatic rings. The first-order valence-corrected chi connectivity index (χ1v) is 8.27. The minimum absolute atomic E-state index is 0.168. The summed E-state index contributed by atoms with van der Waals surface area (Å²) in [4.78, 5) is 21.6. The third-order valence-corrected chi connectivity index (χ3v) is 4.24. The highest BCUT2D eigenvalue weighted by molar-refractivity contribution is 5.62. The lowest BCUT2D eigenvalue weighted by molar-refractivity contribution is 0.122. The number of ether oxygens (including phenoxy) is 1. The average Bonchev–Trinajstić information content (AvgIpc) is 3.04. The van der Waals surface area contributed by atoms with E-state index in [2.05, 4.69) is 15.1 Å². The van der Waals surface area contributed by atoms with Crippen LogP contribution in [0.3, 0.4) is 0 Å². The van der Waals surface area contributed by atoms with E-state index in [0.717, 1.165) is 16.9 Å². The van der Waals surface area contributed by atoms with Crippen LogP contribution >= 0.6 is 0 Å². The van der Waals surface area contributed by atoms with Crippen LogP contribution in [-0.2, 0) is 4.74 Å². The van der Waals surface area contributed by atoms with Crippen LogP contribution in [0.2, 0.25) is 0 Å². The minimum atomic E-state index is -0.168. The minimum Gasteiger partial charge on any atom is -0.378 e. The number of rotatable bonds is 3. The molecule has 3 heterocycles. The number of nitrogens with one attached hydrogen (secondary N) is 1. The van der Waals surface area contributed by atoms with E-state index in [9.17, 15) is 4.79 Å². The summed E-state index contributed by atoms with van der Waals surface area (Å²) in [5, 5.41) is 4.56. The predicted molar refractivity (Wildman–Crippen MR) is 95.2 cm³/mol. The Balaban J connectivity index is 1.73. The van der Waals surface area contributed by atoms with Crippen molar-refractivity contribution in [3.05, 3.63) is 58.6 Å².